The molecule has 7 heteroatoms. The molecule has 1 aliphatic rings. The molecule has 1 aromatic heterocycles. The number of hydrogen-bond donors (Lipinski definition) is 3. The minimum absolute atomic E-state index is 0.129. The second-order valence-corrected chi connectivity index (χ2v) is 5.70. The van der Waals surface area contributed by atoms with Gasteiger partial charge in [-0.15, -0.1) is 0 Å². The first-order valence-corrected chi connectivity index (χ1v) is 7.58. The molecule has 3 N–H and O–H groups in total. The van der Waals surface area contributed by atoms with Crippen LogP contribution in [0.2, 0.25) is 5.02 Å². The van der Waals surface area contributed by atoms with E-state index in [1.54, 1.807) is 18.2 Å². The highest BCUT2D eigenvalue weighted by molar-refractivity contribution is 6.30. The lowest BCUT2D eigenvalue weighted by atomic mass is 10.1. The van der Waals surface area contributed by atoms with E-state index in [1.165, 1.54) is 7.05 Å². The zero-order valence-corrected chi connectivity index (χ0v) is 13.2. The van der Waals surface area contributed by atoms with E-state index in [2.05, 4.69) is 16.0 Å². The lowest BCUT2D eigenvalue weighted by Crippen LogP contribution is -2.37. The average molecular weight is 334 g/mol. The van der Waals surface area contributed by atoms with Crippen LogP contribution in [0.15, 0.2) is 34.7 Å². The average Bonchev–Trinajstić information content (AvgIpc) is 3.18. The number of carbonyl (C=O) groups excluding carboxylic acids is 2. The summed E-state index contributed by atoms with van der Waals surface area (Å²) in [5.41, 5.74) is 1.95. The lowest BCUT2D eigenvalue weighted by molar-refractivity contribution is -0.121. The molecule has 3 rings (SSSR count). The van der Waals surface area contributed by atoms with Crippen molar-refractivity contribution in [3.8, 4) is 0 Å². The fraction of sp³-hybridized carbons (Fsp3) is 0.250. The number of rotatable bonds is 4. The number of furan rings is 1. The molecule has 2 amide bonds. The quantitative estimate of drug-likeness (QED) is 0.798. The monoisotopic (exact) mass is 333 g/mol. The Bertz CT molecular complexity index is 757. The number of benzene rings is 1. The van der Waals surface area contributed by atoms with Gasteiger partial charge in [0.05, 0.1) is 6.54 Å². The first-order valence-electron chi connectivity index (χ1n) is 7.20. The predicted octanol–water partition coefficient (Wildman–Crippen LogP) is 1.95. The minimum atomic E-state index is -0.336. The van der Waals surface area contributed by atoms with Crippen molar-refractivity contribution in [2.75, 3.05) is 12.4 Å². The summed E-state index contributed by atoms with van der Waals surface area (Å²) in [6.45, 7) is 0.227. The molecule has 0 fully saturated rings. The third-order valence-corrected chi connectivity index (χ3v) is 3.92. The molecule has 2 aromatic rings. The van der Waals surface area contributed by atoms with Crippen LogP contribution in [0.25, 0.3) is 0 Å². The Morgan fingerprint density at radius 1 is 1.35 bits per heavy atom. The molecule has 1 atom stereocenters. The maximum Gasteiger partial charge on any atom is 0.286 e. The Labute approximate surface area is 138 Å². The van der Waals surface area contributed by atoms with Gasteiger partial charge in [-0.25, -0.2) is 0 Å². The molecule has 0 aliphatic carbocycles. The van der Waals surface area contributed by atoms with Gasteiger partial charge in [0.1, 0.15) is 11.8 Å². The van der Waals surface area contributed by atoms with E-state index < -0.39 is 0 Å². The van der Waals surface area contributed by atoms with Gasteiger partial charge in [-0.3, -0.25) is 9.59 Å². The number of hydrogen-bond acceptors (Lipinski definition) is 4. The summed E-state index contributed by atoms with van der Waals surface area (Å²) in [5, 5.41) is 9.10. The van der Waals surface area contributed by atoms with Crippen molar-refractivity contribution in [3.63, 3.8) is 0 Å². The molecule has 1 aromatic carbocycles. The molecule has 0 spiro atoms. The van der Waals surface area contributed by atoms with Gasteiger partial charge in [0.15, 0.2) is 5.76 Å². The van der Waals surface area contributed by atoms with E-state index in [-0.39, 0.29) is 30.2 Å². The maximum absolute atomic E-state index is 12.2. The number of fused-ring (bicyclic) bond motifs is 1. The summed E-state index contributed by atoms with van der Waals surface area (Å²) in [6, 6.07) is 8.42. The van der Waals surface area contributed by atoms with Crippen molar-refractivity contribution in [1.82, 2.24) is 10.6 Å². The fourth-order valence-corrected chi connectivity index (χ4v) is 2.70. The zero-order chi connectivity index (χ0) is 16.4. The van der Waals surface area contributed by atoms with Crippen molar-refractivity contribution >= 4 is 29.1 Å². The molecule has 0 bridgehead atoms. The highest BCUT2D eigenvalue weighted by Crippen LogP contribution is 2.28. The van der Waals surface area contributed by atoms with Crippen LogP contribution in [0.5, 0.6) is 0 Å². The summed E-state index contributed by atoms with van der Waals surface area (Å²) in [4.78, 5) is 23.7. The van der Waals surface area contributed by atoms with Crippen molar-refractivity contribution < 1.29 is 14.0 Å². The smallest absolute Gasteiger partial charge is 0.286 e. The Morgan fingerprint density at radius 3 is 2.96 bits per heavy atom. The second-order valence-electron chi connectivity index (χ2n) is 5.27. The topological polar surface area (TPSA) is 83.4 Å². The van der Waals surface area contributed by atoms with Gasteiger partial charge in [-0.1, -0.05) is 11.6 Å². The van der Waals surface area contributed by atoms with Gasteiger partial charge in [-0.2, -0.15) is 0 Å². The SMILES string of the molecule is CNC(=O)c1ccc(CNC(=O)C2Cc3cc(Cl)ccc3N2)o1. The van der Waals surface area contributed by atoms with Crippen molar-refractivity contribution in [2.24, 2.45) is 0 Å². The highest BCUT2D eigenvalue weighted by Gasteiger charge is 2.26. The summed E-state index contributed by atoms with van der Waals surface area (Å²) < 4.78 is 5.36. The minimum Gasteiger partial charge on any atom is -0.454 e. The summed E-state index contributed by atoms with van der Waals surface area (Å²) in [7, 11) is 1.53. The van der Waals surface area contributed by atoms with Crippen LogP contribution < -0.4 is 16.0 Å². The molecule has 6 nitrogen and oxygen atoms in total. The number of anilines is 1. The molecule has 0 saturated carbocycles. The summed E-state index contributed by atoms with van der Waals surface area (Å²) in [5.74, 6) is 0.316. The van der Waals surface area contributed by atoms with Gasteiger partial charge < -0.3 is 20.4 Å². The molecule has 0 radical (unpaired) electrons. The Balaban J connectivity index is 1.56. The zero-order valence-electron chi connectivity index (χ0n) is 12.5. The predicted molar refractivity (Wildman–Crippen MR) is 86.5 cm³/mol. The third-order valence-electron chi connectivity index (χ3n) is 3.69. The Morgan fingerprint density at radius 2 is 2.17 bits per heavy atom. The normalized spacial score (nSPS) is 15.7. The van der Waals surface area contributed by atoms with E-state index in [0.29, 0.717) is 17.2 Å². The van der Waals surface area contributed by atoms with E-state index in [0.717, 1.165) is 11.3 Å². The van der Waals surface area contributed by atoms with E-state index in [1.807, 2.05) is 12.1 Å². The molecule has 0 saturated heterocycles. The highest BCUT2D eigenvalue weighted by atomic mass is 35.5. The first-order chi connectivity index (χ1) is 11.1. The largest absolute Gasteiger partial charge is 0.454 e. The van der Waals surface area contributed by atoms with Crippen molar-refractivity contribution in [1.29, 1.82) is 0 Å². The lowest BCUT2D eigenvalue weighted by Gasteiger charge is -2.11. The van der Waals surface area contributed by atoms with E-state index in [4.69, 9.17) is 16.0 Å². The van der Waals surface area contributed by atoms with Crippen LogP contribution in [0.4, 0.5) is 5.69 Å². The van der Waals surface area contributed by atoms with Crippen LogP contribution in [-0.2, 0) is 17.8 Å². The molecular weight excluding hydrogens is 318 g/mol. The van der Waals surface area contributed by atoms with Crippen molar-refractivity contribution in [2.45, 2.75) is 19.0 Å². The van der Waals surface area contributed by atoms with Crippen molar-refractivity contribution in [3.05, 3.63) is 52.4 Å². The van der Waals surface area contributed by atoms with Gasteiger partial charge >= 0.3 is 0 Å². The van der Waals surface area contributed by atoms with Gasteiger partial charge in [0, 0.05) is 24.2 Å². The van der Waals surface area contributed by atoms with Crippen LogP contribution >= 0.6 is 11.6 Å². The first kappa shape index (κ1) is 15.4. The van der Waals surface area contributed by atoms with Crippen LogP contribution in [0.1, 0.15) is 21.9 Å². The van der Waals surface area contributed by atoms with Crippen LogP contribution in [0, 0.1) is 0 Å². The fourth-order valence-electron chi connectivity index (χ4n) is 2.50. The molecule has 2 heterocycles. The number of halogens is 1. The van der Waals surface area contributed by atoms with Crippen LogP contribution in [0.3, 0.4) is 0 Å². The summed E-state index contributed by atoms with van der Waals surface area (Å²) >= 11 is 5.96. The molecule has 1 unspecified atom stereocenters. The van der Waals surface area contributed by atoms with E-state index >= 15 is 0 Å². The van der Waals surface area contributed by atoms with E-state index in [9.17, 15) is 9.59 Å². The summed E-state index contributed by atoms with van der Waals surface area (Å²) in [6.07, 6.45) is 0.587. The standard InChI is InChI=1S/C16H16ClN3O3/c1-18-16(22)14-5-3-11(23-14)8-19-15(21)13-7-9-6-10(17)2-4-12(9)20-13/h2-6,13,20H,7-8H2,1H3,(H,18,22)(H,19,21). The van der Waals surface area contributed by atoms with Gasteiger partial charge in [0.2, 0.25) is 5.91 Å². The Kier molecular flexibility index (Phi) is 4.25. The maximum atomic E-state index is 12.2. The van der Waals surface area contributed by atoms with Gasteiger partial charge in [0.25, 0.3) is 5.91 Å². The number of nitrogens with one attached hydrogen (secondary N) is 3. The number of amides is 2. The van der Waals surface area contributed by atoms with Crippen LogP contribution in [-0.4, -0.2) is 24.9 Å². The Hall–Kier alpha value is -2.47. The molecular formula is C16H16ClN3O3. The number of carbonyl (C=O) groups is 2. The van der Waals surface area contributed by atoms with Gasteiger partial charge in [-0.05, 0) is 35.9 Å². The second kappa shape index (κ2) is 6.34. The molecule has 120 valence electrons. The molecule has 23 heavy (non-hydrogen) atoms. The molecule has 1 aliphatic heterocycles. The third kappa shape index (κ3) is 3.32.